The average molecular weight is 335 g/mol. The number of amides is 1. The van der Waals surface area contributed by atoms with Crippen molar-refractivity contribution in [1.82, 2.24) is 10.2 Å². The van der Waals surface area contributed by atoms with Crippen LogP contribution in [0.25, 0.3) is 0 Å². The summed E-state index contributed by atoms with van der Waals surface area (Å²) in [5.41, 5.74) is 1.87. The highest BCUT2D eigenvalue weighted by molar-refractivity contribution is 7.13. The summed E-state index contributed by atoms with van der Waals surface area (Å²) in [5, 5.41) is 10.5. The maximum Gasteiger partial charge on any atom is 0.257 e. The lowest BCUT2D eigenvalue weighted by Crippen LogP contribution is -2.14. The molecule has 23 heavy (non-hydrogen) atoms. The molecule has 2 rings (SSSR count). The van der Waals surface area contributed by atoms with E-state index >= 15 is 0 Å². The standard InChI is InChI=1S/C15H17N3O4S/c1-9(2)22-13-5-11(4-12(6-13)21-7-10(3)19)14(20)17-15-18-16-8-23-15/h4-6,8-9H,7H2,1-3H3,(H,17,18,20). The quantitative estimate of drug-likeness (QED) is 0.836. The van der Waals surface area contributed by atoms with Gasteiger partial charge in [0.05, 0.1) is 6.10 Å². The smallest absolute Gasteiger partial charge is 0.257 e. The lowest BCUT2D eigenvalue weighted by atomic mass is 10.2. The van der Waals surface area contributed by atoms with Gasteiger partial charge >= 0.3 is 0 Å². The summed E-state index contributed by atoms with van der Waals surface area (Å²) in [5.74, 6) is 0.410. The fourth-order valence-electron chi connectivity index (χ4n) is 1.71. The zero-order chi connectivity index (χ0) is 16.8. The molecular formula is C15H17N3O4S. The van der Waals surface area contributed by atoms with Crippen LogP contribution in [-0.4, -0.2) is 34.6 Å². The predicted molar refractivity (Wildman–Crippen MR) is 86.2 cm³/mol. The number of anilines is 1. The molecule has 0 bridgehead atoms. The van der Waals surface area contributed by atoms with Gasteiger partial charge in [-0.25, -0.2) is 0 Å². The minimum atomic E-state index is -0.358. The van der Waals surface area contributed by atoms with E-state index in [0.717, 1.165) is 0 Å². The highest BCUT2D eigenvalue weighted by Crippen LogP contribution is 2.25. The zero-order valence-corrected chi connectivity index (χ0v) is 13.8. The number of carbonyl (C=O) groups excluding carboxylic acids is 2. The Morgan fingerprint density at radius 2 is 2.00 bits per heavy atom. The second-order valence-corrected chi connectivity index (χ2v) is 5.88. The van der Waals surface area contributed by atoms with Gasteiger partial charge in [-0.15, -0.1) is 10.2 Å². The Labute approximate surface area is 137 Å². The van der Waals surface area contributed by atoms with Crippen LogP contribution < -0.4 is 14.8 Å². The van der Waals surface area contributed by atoms with E-state index in [-0.39, 0.29) is 24.4 Å². The predicted octanol–water partition coefficient (Wildman–Crippen LogP) is 2.55. The third-order valence-electron chi connectivity index (χ3n) is 2.54. The summed E-state index contributed by atoms with van der Waals surface area (Å²) in [4.78, 5) is 23.4. The van der Waals surface area contributed by atoms with Crippen LogP contribution >= 0.6 is 11.3 Å². The first-order valence-electron chi connectivity index (χ1n) is 6.95. The second kappa shape index (κ2) is 7.68. The van der Waals surface area contributed by atoms with Gasteiger partial charge < -0.3 is 9.47 Å². The number of ether oxygens (including phenoxy) is 2. The minimum Gasteiger partial charge on any atom is -0.491 e. The number of Topliss-reactive ketones (excluding diaryl/α,β-unsaturated/α-hetero) is 1. The molecule has 8 heteroatoms. The van der Waals surface area contributed by atoms with Gasteiger partial charge in [-0.2, -0.15) is 0 Å². The summed E-state index contributed by atoms with van der Waals surface area (Å²) in [7, 11) is 0. The minimum absolute atomic E-state index is 0.0582. The Kier molecular flexibility index (Phi) is 5.64. The van der Waals surface area contributed by atoms with E-state index in [1.807, 2.05) is 13.8 Å². The molecule has 0 aliphatic rings. The third-order valence-corrected chi connectivity index (χ3v) is 3.14. The summed E-state index contributed by atoms with van der Waals surface area (Å²) in [6.07, 6.45) is -0.0582. The molecule has 0 saturated heterocycles. The largest absolute Gasteiger partial charge is 0.491 e. The molecule has 1 heterocycles. The van der Waals surface area contributed by atoms with Gasteiger partial charge in [0.25, 0.3) is 5.91 Å². The van der Waals surface area contributed by atoms with Gasteiger partial charge in [0.2, 0.25) is 5.13 Å². The van der Waals surface area contributed by atoms with E-state index in [1.165, 1.54) is 23.8 Å². The van der Waals surface area contributed by atoms with E-state index < -0.39 is 0 Å². The summed E-state index contributed by atoms with van der Waals surface area (Å²) >= 11 is 1.22. The molecule has 0 fully saturated rings. The maximum absolute atomic E-state index is 12.3. The van der Waals surface area contributed by atoms with Crippen molar-refractivity contribution in [3.05, 3.63) is 29.3 Å². The highest BCUT2D eigenvalue weighted by Gasteiger charge is 2.13. The molecule has 0 spiro atoms. The molecule has 1 aromatic carbocycles. The van der Waals surface area contributed by atoms with Gasteiger partial charge in [-0.3, -0.25) is 14.9 Å². The lowest BCUT2D eigenvalue weighted by Gasteiger charge is -2.13. The van der Waals surface area contributed by atoms with Crippen molar-refractivity contribution in [2.75, 3.05) is 11.9 Å². The molecule has 122 valence electrons. The van der Waals surface area contributed by atoms with Gasteiger partial charge in [-0.1, -0.05) is 11.3 Å². The second-order valence-electron chi connectivity index (χ2n) is 5.05. The number of hydrogen-bond acceptors (Lipinski definition) is 7. The van der Waals surface area contributed by atoms with Crippen LogP contribution in [0.4, 0.5) is 5.13 Å². The van der Waals surface area contributed by atoms with Crippen molar-refractivity contribution in [3.63, 3.8) is 0 Å². The molecule has 2 aromatic rings. The Hall–Kier alpha value is -2.48. The van der Waals surface area contributed by atoms with E-state index in [2.05, 4.69) is 15.5 Å². The molecular weight excluding hydrogens is 318 g/mol. The van der Waals surface area contributed by atoms with E-state index in [1.54, 1.807) is 18.2 Å². The molecule has 7 nitrogen and oxygen atoms in total. The number of hydrogen-bond donors (Lipinski definition) is 1. The normalized spacial score (nSPS) is 10.4. The fourth-order valence-corrected chi connectivity index (χ4v) is 2.15. The number of benzene rings is 1. The van der Waals surface area contributed by atoms with Crippen LogP contribution in [-0.2, 0) is 4.79 Å². The molecule has 1 amide bonds. The number of nitrogens with zero attached hydrogens (tertiary/aromatic N) is 2. The fraction of sp³-hybridized carbons (Fsp3) is 0.333. The van der Waals surface area contributed by atoms with Gasteiger partial charge in [0.1, 0.15) is 23.6 Å². The molecule has 0 aliphatic carbocycles. The summed E-state index contributed by atoms with van der Waals surface area (Å²) in [6, 6.07) is 4.80. The number of aromatic nitrogens is 2. The summed E-state index contributed by atoms with van der Waals surface area (Å²) < 4.78 is 11.0. The molecule has 0 saturated carbocycles. The van der Waals surface area contributed by atoms with Crippen molar-refractivity contribution < 1.29 is 19.1 Å². The van der Waals surface area contributed by atoms with Gasteiger partial charge in [-0.05, 0) is 32.9 Å². The van der Waals surface area contributed by atoms with Crippen LogP contribution in [0.2, 0.25) is 0 Å². The van der Waals surface area contributed by atoms with Crippen LogP contribution in [0.5, 0.6) is 11.5 Å². The molecule has 1 aromatic heterocycles. The lowest BCUT2D eigenvalue weighted by molar-refractivity contribution is -0.118. The maximum atomic E-state index is 12.3. The highest BCUT2D eigenvalue weighted by atomic mass is 32.1. The SMILES string of the molecule is CC(=O)COc1cc(OC(C)C)cc(C(=O)Nc2nncs2)c1. The van der Waals surface area contributed by atoms with Crippen molar-refractivity contribution in [3.8, 4) is 11.5 Å². The van der Waals surface area contributed by atoms with Crippen LogP contribution in [0.1, 0.15) is 31.1 Å². The van der Waals surface area contributed by atoms with Gasteiger partial charge in [0.15, 0.2) is 5.78 Å². The van der Waals surface area contributed by atoms with E-state index in [9.17, 15) is 9.59 Å². The van der Waals surface area contributed by atoms with Gasteiger partial charge in [0, 0.05) is 11.6 Å². The van der Waals surface area contributed by atoms with Crippen molar-refractivity contribution in [2.24, 2.45) is 0 Å². The van der Waals surface area contributed by atoms with Crippen molar-refractivity contribution >= 4 is 28.2 Å². The van der Waals surface area contributed by atoms with Crippen LogP contribution in [0.15, 0.2) is 23.7 Å². The number of nitrogens with one attached hydrogen (secondary N) is 1. The molecule has 1 N–H and O–H groups in total. The van der Waals surface area contributed by atoms with E-state index in [4.69, 9.17) is 9.47 Å². The first-order valence-corrected chi connectivity index (χ1v) is 7.83. The average Bonchev–Trinajstić information content (AvgIpc) is 2.97. The number of carbonyl (C=O) groups is 2. The number of rotatable bonds is 7. The van der Waals surface area contributed by atoms with E-state index in [0.29, 0.717) is 22.2 Å². The molecule has 0 atom stereocenters. The molecule has 0 aliphatic heterocycles. The number of ketones is 1. The first kappa shape index (κ1) is 16.9. The Morgan fingerprint density at radius 1 is 1.26 bits per heavy atom. The van der Waals surface area contributed by atoms with Crippen LogP contribution in [0.3, 0.4) is 0 Å². The topological polar surface area (TPSA) is 90.4 Å². The van der Waals surface area contributed by atoms with Crippen LogP contribution in [0, 0.1) is 0 Å². The Bertz CT molecular complexity index is 686. The zero-order valence-electron chi connectivity index (χ0n) is 13.0. The first-order chi connectivity index (χ1) is 10.9. The monoisotopic (exact) mass is 335 g/mol. The Balaban J connectivity index is 2.23. The van der Waals surface area contributed by atoms with Crippen molar-refractivity contribution in [2.45, 2.75) is 26.9 Å². The summed E-state index contributed by atoms with van der Waals surface area (Å²) in [6.45, 7) is 5.12. The Morgan fingerprint density at radius 3 is 2.61 bits per heavy atom. The van der Waals surface area contributed by atoms with Crippen molar-refractivity contribution in [1.29, 1.82) is 0 Å². The molecule has 0 unspecified atom stereocenters. The third kappa shape index (κ3) is 5.33. The molecule has 0 radical (unpaired) electrons.